The van der Waals surface area contributed by atoms with Crippen molar-refractivity contribution in [3.05, 3.63) is 96.6 Å². The first-order chi connectivity index (χ1) is 14.3. The number of ketones is 1. The zero-order valence-electron chi connectivity index (χ0n) is 15.5. The number of carbonyl (C=O) groups is 1. The van der Waals surface area contributed by atoms with E-state index in [0.717, 1.165) is 32.8 Å². The van der Waals surface area contributed by atoms with Crippen molar-refractivity contribution in [1.82, 2.24) is 14.6 Å². The average molecular weight is 395 g/mol. The lowest BCUT2D eigenvalue weighted by Crippen LogP contribution is -2.03. The highest BCUT2D eigenvalue weighted by molar-refractivity contribution is 7.99. The molecule has 0 saturated carbocycles. The summed E-state index contributed by atoms with van der Waals surface area (Å²) in [5, 5.41) is 10.4. The van der Waals surface area contributed by atoms with Gasteiger partial charge in [-0.3, -0.25) is 9.20 Å². The molecule has 0 unspecified atom stereocenters. The Bertz CT molecular complexity index is 1310. The topological polar surface area (TPSA) is 47.3 Å². The summed E-state index contributed by atoms with van der Waals surface area (Å²) in [6.45, 7) is 0. The van der Waals surface area contributed by atoms with E-state index in [1.54, 1.807) is 0 Å². The fourth-order valence-corrected chi connectivity index (χ4v) is 4.24. The third-order valence-electron chi connectivity index (χ3n) is 4.89. The molecule has 0 N–H and O–H groups in total. The average Bonchev–Trinajstić information content (AvgIpc) is 3.22. The highest BCUT2D eigenvalue weighted by Crippen LogP contribution is 2.24. The van der Waals surface area contributed by atoms with Crippen LogP contribution in [0.4, 0.5) is 0 Å². The summed E-state index contributed by atoms with van der Waals surface area (Å²) in [7, 11) is 0. The minimum Gasteiger partial charge on any atom is -0.293 e. The molecule has 0 radical (unpaired) electrons. The van der Waals surface area contributed by atoms with E-state index in [0.29, 0.717) is 11.3 Å². The van der Waals surface area contributed by atoms with Crippen LogP contribution in [-0.4, -0.2) is 26.1 Å². The molecule has 0 aliphatic carbocycles. The molecule has 0 aliphatic rings. The standard InChI is InChI=1S/C24H17N3OS/c28-22(20-12-10-18(11-13-20)17-6-2-1-3-7-17)16-29-24-26-25-23-15-14-19-8-4-5-9-21(19)27(23)24/h1-15H,16H2. The third kappa shape index (κ3) is 3.41. The zero-order chi connectivity index (χ0) is 19.6. The molecule has 3 aromatic carbocycles. The van der Waals surface area contributed by atoms with Crippen LogP contribution < -0.4 is 0 Å². The Balaban J connectivity index is 1.36. The number of pyridine rings is 1. The number of benzene rings is 3. The maximum atomic E-state index is 12.7. The molecule has 140 valence electrons. The Kier molecular flexibility index (Phi) is 4.58. The SMILES string of the molecule is O=C(CSc1nnc2ccc3ccccc3n12)c1ccc(-c2ccccc2)cc1. The van der Waals surface area contributed by atoms with Crippen molar-refractivity contribution in [3.63, 3.8) is 0 Å². The van der Waals surface area contributed by atoms with Crippen LogP contribution in [0.15, 0.2) is 96.2 Å². The van der Waals surface area contributed by atoms with E-state index in [2.05, 4.69) is 28.4 Å². The van der Waals surface area contributed by atoms with Crippen LogP contribution in [0, 0.1) is 0 Å². The first kappa shape index (κ1) is 17.6. The van der Waals surface area contributed by atoms with Gasteiger partial charge in [-0.2, -0.15) is 0 Å². The van der Waals surface area contributed by atoms with Gasteiger partial charge in [0, 0.05) is 5.56 Å². The highest BCUT2D eigenvalue weighted by atomic mass is 32.2. The fraction of sp³-hybridized carbons (Fsp3) is 0.0417. The van der Waals surface area contributed by atoms with Crippen molar-refractivity contribution in [3.8, 4) is 11.1 Å². The molecule has 0 aliphatic heterocycles. The van der Waals surface area contributed by atoms with Crippen LogP contribution >= 0.6 is 11.8 Å². The van der Waals surface area contributed by atoms with Gasteiger partial charge < -0.3 is 0 Å². The summed E-state index contributed by atoms with van der Waals surface area (Å²) in [4.78, 5) is 12.7. The van der Waals surface area contributed by atoms with Crippen LogP contribution in [0.3, 0.4) is 0 Å². The molecule has 0 fully saturated rings. The Morgan fingerprint density at radius 1 is 0.759 bits per heavy atom. The second-order valence-electron chi connectivity index (χ2n) is 6.72. The van der Waals surface area contributed by atoms with Crippen molar-refractivity contribution in [2.24, 2.45) is 0 Å². The first-order valence-electron chi connectivity index (χ1n) is 9.34. The number of fused-ring (bicyclic) bond motifs is 3. The number of hydrogen-bond acceptors (Lipinski definition) is 4. The van der Waals surface area contributed by atoms with Gasteiger partial charge in [0.1, 0.15) is 0 Å². The number of hydrogen-bond donors (Lipinski definition) is 0. The summed E-state index contributed by atoms with van der Waals surface area (Å²) < 4.78 is 2.01. The summed E-state index contributed by atoms with van der Waals surface area (Å²) in [5.74, 6) is 0.390. The van der Waals surface area contributed by atoms with Gasteiger partial charge >= 0.3 is 0 Å². The van der Waals surface area contributed by atoms with Gasteiger partial charge in [-0.25, -0.2) is 0 Å². The fourth-order valence-electron chi connectivity index (χ4n) is 3.40. The summed E-state index contributed by atoms with van der Waals surface area (Å²) in [6, 6.07) is 30.0. The molecule has 2 aromatic heterocycles. The number of para-hydroxylation sites is 1. The van der Waals surface area contributed by atoms with E-state index in [1.807, 2.05) is 77.2 Å². The van der Waals surface area contributed by atoms with Crippen LogP contribution in [0.1, 0.15) is 10.4 Å². The quantitative estimate of drug-likeness (QED) is 0.290. The van der Waals surface area contributed by atoms with Crippen LogP contribution in [0.25, 0.3) is 27.7 Å². The van der Waals surface area contributed by atoms with E-state index < -0.39 is 0 Å². The number of thioether (sulfide) groups is 1. The molecular formula is C24H17N3OS. The molecule has 0 atom stereocenters. The van der Waals surface area contributed by atoms with Crippen LogP contribution in [0.5, 0.6) is 0 Å². The van der Waals surface area contributed by atoms with Gasteiger partial charge in [0.2, 0.25) is 0 Å². The Labute approximate surface area is 172 Å². The highest BCUT2D eigenvalue weighted by Gasteiger charge is 2.13. The van der Waals surface area contributed by atoms with E-state index in [-0.39, 0.29) is 5.78 Å². The van der Waals surface area contributed by atoms with Crippen LogP contribution in [-0.2, 0) is 0 Å². The molecule has 0 bridgehead atoms. The lowest BCUT2D eigenvalue weighted by Gasteiger charge is -2.05. The molecule has 29 heavy (non-hydrogen) atoms. The summed E-state index contributed by atoms with van der Waals surface area (Å²) >= 11 is 1.41. The Morgan fingerprint density at radius 3 is 2.31 bits per heavy atom. The lowest BCUT2D eigenvalue weighted by atomic mass is 10.0. The van der Waals surface area contributed by atoms with Crippen molar-refractivity contribution in [1.29, 1.82) is 0 Å². The predicted molar refractivity (Wildman–Crippen MR) is 117 cm³/mol. The maximum absolute atomic E-state index is 12.7. The minimum absolute atomic E-state index is 0.0756. The predicted octanol–water partition coefficient (Wildman–Crippen LogP) is 5.52. The molecular weight excluding hydrogens is 378 g/mol. The lowest BCUT2D eigenvalue weighted by molar-refractivity contribution is 0.102. The normalized spacial score (nSPS) is 11.2. The van der Waals surface area contributed by atoms with E-state index in [4.69, 9.17) is 0 Å². The molecule has 0 spiro atoms. The summed E-state index contributed by atoms with van der Waals surface area (Å²) in [6.07, 6.45) is 0. The second kappa shape index (κ2) is 7.53. The van der Waals surface area contributed by atoms with Crippen molar-refractivity contribution >= 4 is 34.1 Å². The van der Waals surface area contributed by atoms with E-state index >= 15 is 0 Å². The Morgan fingerprint density at radius 2 is 1.48 bits per heavy atom. The monoisotopic (exact) mass is 395 g/mol. The van der Waals surface area contributed by atoms with E-state index in [1.165, 1.54) is 11.8 Å². The third-order valence-corrected chi connectivity index (χ3v) is 5.82. The first-order valence-corrected chi connectivity index (χ1v) is 10.3. The number of aromatic nitrogens is 3. The number of nitrogens with zero attached hydrogens (tertiary/aromatic N) is 3. The van der Waals surface area contributed by atoms with Gasteiger partial charge in [-0.05, 0) is 34.7 Å². The molecule has 0 amide bonds. The summed E-state index contributed by atoms with van der Waals surface area (Å²) in [5.41, 5.74) is 4.77. The van der Waals surface area contributed by atoms with Gasteiger partial charge in [-0.1, -0.05) is 84.6 Å². The molecule has 5 rings (SSSR count). The van der Waals surface area contributed by atoms with Crippen molar-refractivity contribution < 1.29 is 4.79 Å². The maximum Gasteiger partial charge on any atom is 0.196 e. The van der Waals surface area contributed by atoms with Crippen molar-refractivity contribution in [2.45, 2.75) is 5.16 Å². The van der Waals surface area contributed by atoms with Gasteiger partial charge in [-0.15, -0.1) is 10.2 Å². The number of rotatable bonds is 5. The van der Waals surface area contributed by atoms with Gasteiger partial charge in [0.15, 0.2) is 16.6 Å². The van der Waals surface area contributed by atoms with Crippen molar-refractivity contribution in [2.75, 3.05) is 5.75 Å². The minimum atomic E-state index is 0.0756. The smallest absolute Gasteiger partial charge is 0.196 e. The van der Waals surface area contributed by atoms with Gasteiger partial charge in [0.05, 0.1) is 11.3 Å². The molecule has 4 nitrogen and oxygen atoms in total. The second-order valence-corrected chi connectivity index (χ2v) is 7.67. The number of carbonyl (C=O) groups excluding carboxylic acids is 1. The molecule has 2 heterocycles. The molecule has 0 saturated heterocycles. The van der Waals surface area contributed by atoms with E-state index in [9.17, 15) is 4.79 Å². The van der Waals surface area contributed by atoms with Gasteiger partial charge in [0.25, 0.3) is 0 Å². The zero-order valence-corrected chi connectivity index (χ0v) is 16.3. The van der Waals surface area contributed by atoms with Crippen LogP contribution in [0.2, 0.25) is 0 Å². The number of Topliss-reactive ketones (excluding diaryl/α,β-unsaturated/α-hetero) is 1. The largest absolute Gasteiger partial charge is 0.293 e. The molecule has 5 heteroatoms. The Hall–Kier alpha value is -3.44. The molecule has 5 aromatic rings.